The Hall–Kier alpha value is -0.570. The van der Waals surface area contributed by atoms with Gasteiger partial charge in [0.25, 0.3) is 0 Å². The van der Waals surface area contributed by atoms with E-state index in [-0.39, 0.29) is 18.6 Å². The van der Waals surface area contributed by atoms with Crippen LogP contribution >= 0.6 is 0 Å². The molecule has 0 spiro atoms. The van der Waals surface area contributed by atoms with Crippen molar-refractivity contribution in [3.05, 3.63) is 0 Å². The second-order valence-electron chi connectivity index (χ2n) is 2.69. The van der Waals surface area contributed by atoms with Crippen LogP contribution in [0.15, 0.2) is 0 Å². The second-order valence-corrected chi connectivity index (χ2v) is 2.69. The van der Waals surface area contributed by atoms with Crippen LogP contribution in [0, 0.1) is 0 Å². The van der Waals surface area contributed by atoms with Crippen LogP contribution in [0.2, 0.25) is 0 Å². The molecule has 0 heterocycles. The fourth-order valence-electron chi connectivity index (χ4n) is 0.953. The van der Waals surface area contributed by atoms with Gasteiger partial charge >= 0.3 is 0 Å². The lowest BCUT2D eigenvalue weighted by atomic mass is 10.2. The van der Waals surface area contributed by atoms with Crippen LogP contribution in [-0.2, 0) is 9.53 Å². The molecule has 11 heavy (non-hydrogen) atoms. The molecular weight excluding hydrogens is 142 g/mol. The quantitative estimate of drug-likeness (QED) is 0.648. The minimum atomic E-state index is -0.0338. The molecule has 0 rings (SSSR count). The first-order chi connectivity index (χ1) is 5.20. The first-order valence-electron chi connectivity index (χ1n) is 3.99. The highest BCUT2D eigenvalue weighted by atomic mass is 16.5. The van der Waals surface area contributed by atoms with Crippen LogP contribution < -0.4 is 5.32 Å². The maximum atomic E-state index is 10.9. The van der Waals surface area contributed by atoms with Crippen molar-refractivity contribution >= 4 is 5.91 Å². The largest absolute Gasteiger partial charge is 0.375 e. The van der Waals surface area contributed by atoms with Gasteiger partial charge in [-0.3, -0.25) is 4.79 Å². The zero-order valence-corrected chi connectivity index (χ0v) is 7.52. The third-order valence-electron chi connectivity index (χ3n) is 1.40. The van der Waals surface area contributed by atoms with Gasteiger partial charge in [0, 0.05) is 13.2 Å². The summed E-state index contributed by atoms with van der Waals surface area (Å²) in [5.41, 5.74) is 0. The SMILES string of the molecule is CCCC(C)NC(=O)COC. The van der Waals surface area contributed by atoms with Gasteiger partial charge in [0.05, 0.1) is 0 Å². The monoisotopic (exact) mass is 159 g/mol. The van der Waals surface area contributed by atoms with Crippen LogP contribution in [0.4, 0.5) is 0 Å². The van der Waals surface area contributed by atoms with Crippen LogP contribution in [0.25, 0.3) is 0 Å². The number of nitrogens with one attached hydrogen (secondary N) is 1. The molecule has 0 fully saturated rings. The van der Waals surface area contributed by atoms with Gasteiger partial charge in [-0.15, -0.1) is 0 Å². The van der Waals surface area contributed by atoms with Crippen LogP contribution in [0.5, 0.6) is 0 Å². The lowest BCUT2D eigenvalue weighted by molar-refractivity contribution is -0.125. The maximum Gasteiger partial charge on any atom is 0.246 e. The maximum absolute atomic E-state index is 10.9. The van der Waals surface area contributed by atoms with Gasteiger partial charge in [-0.05, 0) is 13.3 Å². The van der Waals surface area contributed by atoms with E-state index in [0.717, 1.165) is 12.8 Å². The zero-order valence-electron chi connectivity index (χ0n) is 7.52. The van der Waals surface area contributed by atoms with Gasteiger partial charge in [0.15, 0.2) is 0 Å². The smallest absolute Gasteiger partial charge is 0.246 e. The van der Waals surface area contributed by atoms with E-state index in [0.29, 0.717) is 0 Å². The average Bonchev–Trinajstić information content (AvgIpc) is 1.87. The Morgan fingerprint density at radius 1 is 1.64 bits per heavy atom. The Bertz CT molecular complexity index is 115. The molecule has 0 aromatic carbocycles. The number of carbonyl (C=O) groups excluding carboxylic acids is 1. The third-order valence-corrected chi connectivity index (χ3v) is 1.40. The number of carbonyl (C=O) groups is 1. The highest BCUT2D eigenvalue weighted by Gasteiger charge is 2.04. The van der Waals surface area contributed by atoms with E-state index in [4.69, 9.17) is 0 Å². The molecular formula is C8H17NO2. The van der Waals surface area contributed by atoms with E-state index in [2.05, 4.69) is 17.0 Å². The number of methoxy groups -OCH3 is 1. The fourth-order valence-corrected chi connectivity index (χ4v) is 0.953. The standard InChI is InChI=1S/C8H17NO2/c1-4-5-7(2)9-8(10)6-11-3/h7H,4-6H2,1-3H3,(H,9,10). The predicted molar refractivity (Wildman–Crippen MR) is 44.4 cm³/mol. The Labute approximate surface area is 68.1 Å². The Morgan fingerprint density at radius 3 is 2.73 bits per heavy atom. The molecule has 0 saturated heterocycles. The van der Waals surface area contributed by atoms with Crippen molar-refractivity contribution in [1.82, 2.24) is 5.32 Å². The van der Waals surface area contributed by atoms with Crippen molar-refractivity contribution in [2.75, 3.05) is 13.7 Å². The number of rotatable bonds is 5. The molecule has 1 N–H and O–H groups in total. The molecule has 0 aliphatic heterocycles. The molecule has 0 aromatic rings. The van der Waals surface area contributed by atoms with Crippen LogP contribution in [0.3, 0.4) is 0 Å². The van der Waals surface area contributed by atoms with Gasteiger partial charge in [-0.1, -0.05) is 13.3 Å². The molecule has 66 valence electrons. The van der Waals surface area contributed by atoms with Gasteiger partial charge < -0.3 is 10.1 Å². The topological polar surface area (TPSA) is 38.3 Å². The van der Waals surface area contributed by atoms with Crippen molar-refractivity contribution in [2.45, 2.75) is 32.7 Å². The Balaban J connectivity index is 3.40. The van der Waals surface area contributed by atoms with Gasteiger partial charge in [0.1, 0.15) is 6.61 Å². The van der Waals surface area contributed by atoms with Gasteiger partial charge in [0.2, 0.25) is 5.91 Å². The highest BCUT2D eigenvalue weighted by Crippen LogP contribution is 1.93. The Morgan fingerprint density at radius 2 is 2.27 bits per heavy atom. The van der Waals surface area contributed by atoms with Crippen molar-refractivity contribution in [3.8, 4) is 0 Å². The summed E-state index contributed by atoms with van der Waals surface area (Å²) in [7, 11) is 1.52. The summed E-state index contributed by atoms with van der Waals surface area (Å²) in [6, 6.07) is 0.266. The first-order valence-corrected chi connectivity index (χ1v) is 3.99. The molecule has 1 atom stereocenters. The Kier molecular flexibility index (Phi) is 5.84. The van der Waals surface area contributed by atoms with Crippen molar-refractivity contribution < 1.29 is 9.53 Å². The predicted octanol–water partition coefficient (Wildman–Crippen LogP) is 0.938. The molecule has 0 aliphatic carbocycles. The number of amides is 1. The van der Waals surface area contributed by atoms with Gasteiger partial charge in [-0.25, -0.2) is 0 Å². The van der Waals surface area contributed by atoms with E-state index in [9.17, 15) is 4.79 Å². The number of ether oxygens (including phenoxy) is 1. The fraction of sp³-hybridized carbons (Fsp3) is 0.875. The first kappa shape index (κ1) is 10.4. The van der Waals surface area contributed by atoms with E-state index in [1.165, 1.54) is 7.11 Å². The summed E-state index contributed by atoms with van der Waals surface area (Å²) < 4.78 is 4.67. The summed E-state index contributed by atoms with van der Waals surface area (Å²) >= 11 is 0. The van der Waals surface area contributed by atoms with Crippen LogP contribution in [0.1, 0.15) is 26.7 Å². The normalized spacial score (nSPS) is 12.6. The van der Waals surface area contributed by atoms with E-state index in [1.807, 2.05) is 6.92 Å². The lowest BCUT2D eigenvalue weighted by Gasteiger charge is -2.11. The second kappa shape index (κ2) is 6.16. The third kappa shape index (κ3) is 5.85. The molecule has 1 unspecified atom stereocenters. The van der Waals surface area contributed by atoms with Gasteiger partial charge in [-0.2, -0.15) is 0 Å². The van der Waals surface area contributed by atoms with Crippen molar-refractivity contribution in [3.63, 3.8) is 0 Å². The summed E-state index contributed by atoms with van der Waals surface area (Å²) in [4.78, 5) is 10.9. The molecule has 3 heteroatoms. The summed E-state index contributed by atoms with van der Waals surface area (Å²) in [5.74, 6) is -0.0338. The number of hydrogen-bond donors (Lipinski definition) is 1. The summed E-state index contributed by atoms with van der Waals surface area (Å²) in [6.45, 7) is 4.25. The lowest BCUT2D eigenvalue weighted by Crippen LogP contribution is -2.34. The minimum Gasteiger partial charge on any atom is -0.375 e. The molecule has 0 bridgehead atoms. The van der Waals surface area contributed by atoms with E-state index in [1.54, 1.807) is 0 Å². The molecule has 1 amide bonds. The average molecular weight is 159 g/mol. The van der Waals surface area contributed by atoms with Crippen LogP contribution in [-0.4, -0.2) is 25.7 Å². The van der Waals surface area contributed by atoms with Crippen molar-refractivity contribution in [1.29, 1.82) is 0 Å². The summed E-state index contributed by atoms with van der Waals surface area (Å²) in [5, 5.41) is 2.82. The highest BCUT2D eigenvalue weighted by molar-refractivity contribution is 5.77. The minimum absolute atomic E-state index is 0.0338. The number of hydrogen-bond acceptors (Lipinski definition) is 2. The van der Waals surface area contributed by atoms with E-state index < -0.39 is 0 Å². The molecule has 3 nitrogen and oxygen atoms in total. The molecule has 0 aromatic heterocycles. The molecule has 0 saturated carbocycles. The molecule has 0 aliphatic rings. The molecule has 0 radical (unpaired) electrons. The zero-order chi connectivity index (χ0) is 8.69. The summed E-state index contributed by atoms with van der Waals surface area (Å²) in [6.07, 6.45) is 2.11. The van der Waals surface area contributed by atoms with E-state index >= 15 is 0 Å². The van der Waals surface area contributed by atoms with Crippen molar-refractivity contribution in [2.24, 2.45) is 0 Å².